The Balaban J connectivity index is 1.04. The number of rotatable bonds is 6. The van der Waals surface area contributed by atoms with Crippen LogP contribution in [0.15, 0.2) is 249 Å². The molecule has 2 heterocycles. The van der Waals surface area contributed by atoms with Crippen LogP contribution in [0.3, 0.4) is 0 Å². The summed E-state index contributed by atoms with van der Waals surface area (Å²) in [6.07, 6.45) is 0. The van der Waals surface area contributed by atoms with Gasteiger partial charge in [-0.2, -0.15) is 0 Å². The van der Waals surface area contributed by atoms with Crippen LogP contribution in [-0.2, 0) is 5.41 Å². The molecule has 0 bridgehead atoms. The Kier molecular flexibility index (Phi) is 8.80. The van der Waals surface area contributed by atoms with Crippen molar-refractivity contribution in [1.82, 2.24) is 15.0 Å². The van der Waals surface area contributed by atoms with E-state index in [1.54, 1.807) is 0 Å². The van der Waals surface area contributed by atoms with Crippen molar-refractivity contribution in [2.24, 2.45) is 0 Å². The standard InChI is InChI=1S/C66H41N3/c1-4-19-42(20-5-1)47-35-36-53(49-28-11-10-27-48(47)49)63-39-54(45-25-18-26-46(37-45)65-68-61(43-21-6-2-7-22-43)41-62(69-65)44-23-8-3-9-24-44)56-38-55-52-31-14-17-34-59(52)66(60(55)40-64(56)67-63)57-32-15-12-29-50(57)51-30-13-16-33-58(51)66/h1-41H. The fraction of sp³-hybridized carbons (Fsp3) is 0.0152. The molecule has 0 atom stereocenters. The average molecular weight is 876 g/mol. The number of hydrogen-bond acceptors (Lipinski definition) is 3. The lowest BCUT2D eigenvalue weighted by Gasteiger charge is -2.30. The number of fused-ring (bicyclic) bond motifs is 12. The summed E-state index contributed by atoms with van der Waals surface area (Å²) in [6, 6.07) is 89.8. The molecular formula is C66H41N3. The third kappa shape index (κ3) is 6.04. The molecule has 0 saturated heterocycles. The molecule has 14 rings (SSSR count). The Morgan fingerprint density at radius 3 is 1.32 bits per heavy atom. The molecule has 0 N–H and O–H groups in total. The van der Waals surface area contributed by atoms with E-state index >= 15 is 0 Å². The summed E-state index contributed by atoms with van der Waals surface area (Å²) in [7, 11) is 0. The van der Waals surface area contributed by atoms with Gasteiger partial charge in [0.15, 0.2) is 5.82 Å². The van der Waals surface area contributed by atoms with Gasteiger partial charge < -0.3 is 0 Å². The van der Waals surface area contributed by atoms with Gasteiger partial charge in [-0.1, -0.05) is 218 Å². The highest BCUT2D eigenvalue weighted by molar-refractivity contribution is 6.08. The van der Waals surface area contributed by atoms with Crippen molar-refractivity contribution in [3.63, 3.8) is 0 Å². The fourth-order valence-electron chi connectivity index (χ4n) is 11.5. The van der Waals surface area contributed by atoms with Gasteiger partial charge in [-0.15, -0.1) is 0 Å². The van der Waals surface area contributed by atoms with E-state index in [1.165, 1.54) is 61.0 Å². The molecule has 12 aromatic rings. The minimum atomic E-state index is -0.493. The van der Waals surface area contributed by atoms with E-state index in [-0.39, 0.29) is 0 Å². The van der Waals surface area contributed by atoms with Crippen LogP contribution in [0.5, 0.6) is 0 Å². The first kappa shape index (κ1) is 39.1. The molecule has 0 radical (unpaired) electrons. The van der Waals surface area contributed by atoms with Crippen molar-refractivity contribution in [1.29, 1.82) is 0 Å². The van der Waals surface area contributed by atoms with Gasteiger partial charge in [0.1, 0.15) is 0 Å². The summed E-state index contributed by atoms with van der Waals surface area (Å²) >= 11 is 0. The average Bonchev–Trinajstić information content (AvgIpc) is 3.89. The van der Waals surface area contributed by atoms with Crippen molar-refractivity contribution in [3.8, 4) is 89.7 Å². The van der Waals surface area contributed by atoms with Crippen LogP contribution in [0, 0.1) is 0 Å². The first-order valence-corrected chi connectivity index (χ1v) is 23.7. The first-order valence-electron chi connectivity index (χ1n) is 23.7. The van der Waals surface area contributed by atoms with E-state index in [2.05, 4.69) is 237 Å². The van der Waals surface area contributed by atoms with Crippen LogP contribution in [-0.4, -0.2) is 15.0 Å². The van der Waals surface area contributed by atoms with Crippen LogP contribution in [0.2, 0.25) is 0 Å². The van der Waals surface area contributed by atoms with E-state index in [0.29, 0.717) is 5.82 Å². The van der Waals surface area contributed by atoms with Crippen LogP contribution < -0.4 is 0 Å². The summed E-state index contributed by atoms with van der Waals surface area (Å²) in [5.41, 5.74) is 22.1. The van der Waals surface area contributed by atoms with Crippen molar-refractivity contribution in [2.75, 3.05) is 0 Å². The number of aromatic nitrogens is 3. The van der Waals surface area contributed by atoms with Gasteiger partial charge >= 0.3 is 0 Å². The summed E-state index contributed by atoms with van der Waals surface area (Å²) in [5.74, 6) is 0.675. The lowest BCUT2D eigenvalue weighted by atomic mass is 9.70. The third-order valence-corrected chi connectivity index (χ3v) is 14.5. The zero-order valence-corrected chi connectivity index (χ0v) is 37.5. The molecule has 3 nitrogen and oxygen atoms in total. The molecule has 0 saturated carbocycles. The molecule has 0 amide bonds. The highest BCUT2D eigenvalue weighted by Gasteiger charge is 2.51. The number of hydrogen-bond donors (Lipinski definition) is 0. The largest absolute Gasteiger partial charge is 0.248 e. The van der Waals surface area contributed by atoms with Gasteiger partial charge in [0, 0.05) is 27.6 Å². The Morgan fingerprint density at radius 1 is 0.232 bits per heavy atom. The molecule has 2 aromatic heterocycles. The quantitative estimate of drug-likeness (QED) is 0.167. The minimum absolute atomic E-state index is 0.493. The maximum Gasteiger partial charge on any atom is 0.160 e. The van der Waals surface area contributed by atoms with E-state index in [1.807, 2.05) is 12.1 Å². The number of pyridine rings is 1. The highest BCUT2D eigenvalue weighted by Crippen LogP contribution is 2.63. The molecule has 2 aliphatic carbocycles. The maximum atomic E-state index is 5.74. The van der Waals surface area contributed by atoms with Gasteiger partial charge in [0.05, 0.1) is 28.0 Å². The number of nitrogens with zero attached hydrogens (tertiary/aromatic N) is 3. The molecule has 69 heavy (non-hydrogen) atoms. The van der Waals surface area contributed by atoms with Crippen molar-refractivity contribution in [3.05, 3.63) is 271 Å². The molecule has 10 aromatic carbocycles. The lowest BCUT2D eigenvalue weighted by Crippen LogP contribution is -2.25. The Morgan fingerprint density at radius 2 is 0.710 bits per heavy atom. The van der Waals surface area contributed by atoms with Crippen LogP contribution in [0.4, 0.5) is 0 Å². The topological polar surface area (TPSA) is 38.7 Å². The predicted molar refractivity (Wildman–Crippen MR) is 284 cm³/mol. The molecule has 3 heteroatoms. The Hall–Kier alpha value is -9.05. The smallest absolute Gasteiger partial charge is 0.160 e. The van der Waals surface area contributed by atoms with E-state index in [4.69, 9.17) is 15.0 Å². The molecule has 2 aliphatic rings. The monoisotopic (exact) mass is 875 g/mol. The molecule has 0 fully saturated rings. The molecule has 0 aliphatic heterocycles. The molecule has 0 unspecified atom stereocenters. The van der Waals surface area contributed by atoms with Crippen molar-refractivity contribution < 1.29 is 0 Å². The van der Waals surface area contributed by atoms with Crippen molar-refractivity contribution in [2.45, 2.75) is 5.41 Å². The van der Waals surface area contributed by atoms with E-state index in [0.717, 1.165) is 66.8 Å². The normalized spacial score (nSPS) is 12.8. The number of benzene rings is 10. The predicted octanol–water partition coefficient (Wildman–Crippen LogP) is 16.5. The molecular weight excluding hydrogens is 835 g/mol. The van der Waals surface area contributed by atoms with Crippen molar-refractivity contribution >= 4 is 21.7 Å². The molecule has 320 valence electrons. The second kappa shape index (κ2) is 15.5. The fourth-order valence-corrected chi connectivity index (χ4v) is 11.5. The van der Waals surface area contributed by atoms with Gasteiger partial charge in [0.2, 0.25) is 0 Å². The summed E-state index contributed by atoms with van der Waals surface area (Å²) < 4.78 is 0. The summed E-state index contributed by atoms with van der Waals surface area (Å²) in [6.45, 7) is 0. The van der Waals surface area contributed by atoms with Gasteiger partial charge in [-0.3, -0.25) is 0 Å². The highest BCUT2D eigenvalue weighted by atomic mass is 14.9. The maximum absolute atomic E-state index is 5.74. The SMILES string of the molecule is c1ccc(-c2cc(-c3ccccc3)nc(-c3cccc(-c4cc(-c5ccc(-c6ccccc6)c6ccccc56)nc5cc6c(cc45)-c4ccccc4C64c5ccccc5-c5ccccc54)c3)n2)cc1. The second-order valence-corrected chi connectivity index (χ2v) is 18.2. The Labute approximate surface area is 400 Å². The van der Waals surface area contributed by atoms with Crippen LogP contribution in [0.25, 0.3) is 111 Å². The lowest BCUT2D eigenvalue weighted by molar-refractivity contribution is 0.794. The van der Waals surface area contributed by atoms with E-state index in [9.17, 15) is 0 Å². The first-order chi connectivity index (χ1) is 34.2. The van der Waals surface area contributed by atoms with Crippen LogP contribution in [0.1, 0.15) is 22.3 Å². The molecule has 1 spiro atoms. The summed E-state index contributed by atoms with van der Waals surface area (Å²) in [4.78, 5) is 16.2. The van der Waals surface area contributed by atoms with Gasteiger partial charge in [-0.05, 0) is 108 Å². The third-order valence-electron chi connectivity index (χ3n) is 14.5. The van der Waals surface area contributed by atoms with Crippen LogP contribution >= 0.6 is 0 Å². The van der Waals surface area contributed by atoms with E-state index < -0.39 is 5.41 Å². The zero-order chi connectivity index (χ0) is 45.5. The zero-order valence-electron chi connectivity index (χ0n) is 37.5. The summed E-state index contributed by atoms with van der Waals surface area (Å²) in [5, 5.41) is 3.45. The second-order valence-electron chi connectivity index (χ2n) is 18.2. The minimum Gasteiger partial charge on any atom is -0.248 e. The van der Waals surface area contributed by atoms with Gasteiger partial charge in [0.25, 0.3) is 0 Å². The Bertz CT molecular complexity index is 3910. The van der Waals surface area contributed by atoms with Gasteiger partial charge in [-0.25, -0.2) is 15.0 Å².